The van der Waals surface area contributed by atoms with Gasteiger partial charge in [0.05, 0.1) is 48.4 Å². The third kappa shape index (κ3) is 6.49. The molecule has 1 saturated heterocycles. The molecule has 2 aromatic carbocycles. The molecule has 0 spiro atoms. The molecule has 8 nitrogen and oxygen atoms in total. The van der Waals surface area contributed by atoms with Crippen LogP contribution >= 0.6 is 11.6 Å². The molecule has 3 rings (SSSR count). The molecule has 0 aromatic heterocycles. The zero-order chi connectivity index (χ0) is 23.8. The quantitative estimate of drug-likeness (QED) is 0.544. The number of nitrogens with zero attached hydrogens (tertiary/aromatic N) is 1. The second kappa shape index (κ2) is 11.7. The van der Waals surface area contributed by atoms with Gasteiger partial charge >= 0.3 is 5.97 Å². The molecule has 0 saturated carbocycles. The lowest BCUT2D eigenvalue weighted by atomic mass is 10.2. The number of hydrogen-bond acceptors (Lipinski definition) is 7. The Bertz CT molecular complexity index is 997. The second-order valence-corrected chi connectivity index (χ2v) is 7.44. The van der Waals surface area contributed by atoms with Crippen molar-refractivity contribution in [2.75, 3.05) is 56.3 Å². The maximum atomic E-state index is 13.2. The van der Waals surface area contributed by atoms with Gasteiger partial charge < -0.3 is 29.2 Å². The van der Waals surface area contributed by atoms with Gasteiger partial charge in [-0.15, -0.1) is 0 Å². The van der Waals surface area contributed by atoms with Gasteiger partial charge in [-0.25, -0.2) is 9.18 Å². The van der Waals surface area contributed by atoms with Gasteiger partial charge in [0.25, 0.3) is 5.91 Å². The summed E-state index contributed by atoms with van der Waals surface area (Å²) in [5.41, 5.74) is 1.20. The number of benzene rings is 2. The number of ether oxygens (including phenoxy) is 4. The summed E-state index contributed by atoms with van der Waals surface area (Å²) in [7, 11) is 0. The molecular weight excluding hydrogens is 455 g/mol. The van der Waals surface area contributed by atoms with Gasteiger partial charge in [-0.1, -0.05) is 11.6 Å². The van der Waals surface area contributed by atoms with E-state index in [9.17, 15) is 14.0 Å². The fourth-order valence-corrected chi connectivity index (χ4v) is 3.54. The molecule has 33 heavy (non-hydrogen) atoms. The van der Waals surface area contributed by atoms with Crippen molar-refractivity contribution in [2.24, 2.45) is 0 Å². The second-order valence-electron chi connectivity index (χ2n) is 7.03. The van der Waals surface area contributed by atoms with Crippen LogP contribution in [0.3, 0.4) is 0 Å². The summed E-state index contributed by atoms with van der Waals surface area (Å²) in [5.74, 6) is -0.942. The molecule has 1 aliphatic heterocycles. The van der Waals surface area contributed by atoms with Crippen molar-refractivity contribution >= 4 is 34.9 Å². The van der Waals surface area contributed by atoms with Crippen LogP contribution in [0.2, 0.25) is 5.02 Å². The molecule has 2 aromatic rings. The summed E-state index contributed by atoms with van der Waals surface area (Å²) in [6.07, 6.45) is 0. The summed E-state index contributed by atoms with van der Waals surface area (Å²) in [5, 5.41) is 2.60. The number of hydrogen-bond donors (Lipinski definition) is 1. The third-order valence-electron chi connectivity index (χ3n) is 4.77. The SMILES string of the molecule is CCOc1cc(N2CCOCC2)c(OCC)cc1NC(=O)COC(=O)c1ccc(F)cc1Cl. The number of carbonyl (C=O) groups excluding carboxylic acids is 2. The van der Waals surface area contributed by atoms with Crippen LogP contribution in [0.15, 0.2) is 30.3 Å². The fourth-order valence-electron chi connectivity index (χ4n) is 3.29. The number of halogens is 2. The summed E-state index contributed by atoms with van der Waals surface area (Å²) in [6, 6.07) is 6.79. The van der Waals surface area contributed by atoms with E-state index in [0.717, 1.165) is 17.8 Å². The van der Waals surface area contributed by atoms with Gasteiger partial charge in [-0.2, -0.15) is 0 Å². The first-order valence-corrected chi connectivity index (χ1v) is 11.0. The van der Waals surface area contributed by atoms with Crippen LogP contribution < -0.4 is 19.7 Å². The lowest BCUT2D eigenvalue weighted by molar-refractivity contribution is -0.119. The maximum absolute atomic E-state index is 13.2. The van der Waals surface area contributed by atoms with Gasteiger partial charge in [0.1, 0.15) is 17.3 Å². The van der Waals surface area contributed by atoms with E-state index in [4.69, 9.17) is 30.5 Å². The molecule has 0 aliphatic carbocycles. The predicted molar refractivity (Wildman–Crippen MR) is 122 cm³/mol. The van der Waals surface area contributed by atoms with E-state index in [1.807, 2.05) is 19.9 Å². The monoisotopic (exact) mass is 480 g/mol. The van der Waals surface area contributed by atoms with Crippen molar-refractivity contribution in [3.05, 3.63) is 46.7 Å². The maximum Gasteiger partial charge on any atom is 0.340 e. The van der Waals surface area contributed by atoms with E-state index < -0.39 is 24.3 Å². The van der Waals surface area contributed by atoms with Crippen molar-refractivity contribution in [1.29, 1.82) is 0 Å². The Balaban J connectivity index is 1.74. The first-order chi connectivity index (χ1) is 15.9. The topological polar surface area (TPSA) is 86.3 Å². The molecule has 0 bridgehead atoms. The highest BCUT2D eigenvalue weighted by Crippen LogP contribution is 2.39. The van der Waals surface area contributed by atoms with E-state index in [-0.39, 0.29) is 10.6 Å². The largest absolute Gasteiger partial charge is 0.492 e. The van der Waals surface area contributed by atoms with E-state index in [0.29, 0.717) is 56.7 Å². The summed E-state index contributed by atoms with van der Waals surface area (Å²) < 4.78 is 35.2. The highest BCUT2D eigenvalue weighted by Gasteiger charge is 2.21. The van der Waals surface area contributed by atoms with Crippen molar-refractivity contribution in [3.8, 4) is 11.5 Å². The number of nitrogens with one attached hydrogen (secondary N) is 1. The van der Waals surface area contributed by atoms with Crippen LogP contribution in [0.5, 0.6) is 11.5 Å². The predicted octanol–water partition coefficient (Wildman–Crippen LogP) is 3.91. The Hall–Kier alpha value is -3.04. The van der Waals surface area contributed by atoms with Gasteiger partial charge in [-0.05, 0) is 32.0 Å². The van der Waals surface area contributed by atoms with Crippen molar-refractivity contribution < 1.29 is 32.9 Å². The molecule has 1 amide bonds. The van der Waals surface area contributed by atoms with Crippen molar-refractivity contribution in [2.45, 2.75) is 13.8 Å². The van der Waals surface area contributed by atoms with E-state index in [2.05, 4.69) is 10.2 Å². The third-order valence-corrected chi connectivity index (χ3v) is 5.08. The van der Waals surface area contributed by atoms with Crippen LogP contribution in [0.1, 0.15) is 24.2 Å². The molecule has 0 atom stereocenters. The average molecular weight is 481 g/mol. The minimum atomic E-state index is -0.835. The molecule has 10 heteroatoms. The number of carbonyl (C=O) groups is 2. The minimum absolute atomic E-state index is 0.0330. The Labute approximate surface area is 196 Å². The smallest absolute Gasteiger partial charge is 0.340 e. The van der Waals surface area contributed by atoms with Gasteiger partial charge in [0.2, 0.25) is 0 Å². The number of rotatable bonds is 9. The highest BCUT2D eigenvalue weighted by atomic mass is 35.5. The fraction of sp³-hybridized carbons (Fsp3) is 0.391. The normalized spacial score (nSPS) is 13.4. The lowest BCUT2D eigenvalue weighted by Gasteiger charge is -2.31. The zero-order valence-corrected chi connectivity index (χ0v) is 19.2. The number of amides is 1. The summed E-state index contributed by atoms with van der Waals surface area (Å²) >= 11 is 5.87. The lowest BCUT2D eigenvalue weighted by Crippen LogP contribution is -2.36. The Morgan fingerprint density at radius 1 is 1.09 bits per heavy atom. The molecule has 1 fully saturated rings. The Morgan fingerprint density at radius 2 is 1.79 bits per heavy atom. The van der Waals surface area contributed by atoms with E-state index in [1.165, 1.54) is 6.07 Å². The summed E-state index contributed by atoms with van der Waals surface area (Å²) in [6.45, 7) is 6.61. The highest BCUT2D eigenvalue weighted by molar-refractivity contribution is 6.33. The van der Waals surface area contributed by atoms with Crippen LogP contribution in [0.25, 0.3) is 0 Å². The van der Waals surface area contributed by atoms with E-state index >= 15 is 0 Å². The Kier molecular flexibility index (Phi) is 8.73. The van der Waals surface area contributed by atoms with E-state index in [1.54, 1.807) is 6.07 Å². The van der Waals surface area contributed by atoms with Crippen LogP contribution in [0, 0.1) is 5.82 Å². The molecular formula is C23H26ClFN2O6. The molecule has 1 N–H and O–H groups in total. The zero-order valence-electron chi connectivity index (χ0n) is 18.5. The van der Waals surface area contributed by atoms with Crippen molar-refractivity contribution in [3.63, 3.8) is 0 Å². The first kappa shape index (κ1) is 24.6. The van der Waals surface area contributed by atoms with Crippen LogP contribution in [0.4, 0.5) is 15.8 Å². The van der Waals surface area contributed by atoms with Gasteiger partial charge in [-0.3, -0.25) is 4.79 Å². The first-order valence-electron chi connectivity index (χ1n) is 10.6. The minimum Gasteiger partial charge on any atom is -0.492 e. The van der Waals surface area contributed by atoms with Crippen molar-refractivity contribution in [1.82, 2.24) is 0 Å². The molecule has 1 aliphatic rings. The van der Waals surface area contributed by atoms with Crippen LogP contribution in [-0.2, 0) is 14.3 Å². The summed E-state index contributed by atoms with van der Waals surface area (Å²) in [4.78, 5) is 26.8. The van der Waals surface area contributed by atoms with Gasteiger partial charge in [0.15, 0.2) is 6.61 Å². The molecule has 1 heterocycles. The molecule has 0 radical (unpaired) electrons. The standard InChI is InChI=1S/C23H26ClFN2O6/c1-3-31-20-13-19(27-7-9-30-10-8-27)21(32-4-2)12-18(20)26-22(28)14-33-23(29)16-6-5-15(25)11-17(16)24/h5-6,11-13H,3-4,7-10,14H2,1-2H3,(H,26,28). The number of morpholine rings is 1. The number of esters is 1. The molecule has 0 unspecified atom stereocenters. The van der Waals surface area contributed by atoms with Gasteiger partial charge in [0, 0.05) is 25.2 Å². The Morgan fingerprint density at radius 3 is 2.45 bits per heavy atom. The molecule has 178 valence electrons. The van der Waals surface area contributed by atoms with Crippen LogP contribution in [-0.4, -0.2) is 58.0 Å². The number of anilines is 2. The average Bonchev–Trinajstić information content (AvgIpc) is 2.80.